The topological polar surface area (TPSA) is 92.3 Å². The van der Waals surface area contributed by atoms with Crippen LogP contribution in [-0.2, 0) is 16.1 Å². The number of halogens is 2. The van der Waals surface area contributed by atoms with Gasteiger partial charge in [-0.1, -0.05) is 26.8 Å². The summed E-state index contributed by atoms with van der Waals surface area (Å²) in [7, 11) is 4.15. The zero-order chi connectivity index (χ0) is 24.8. The molecular formula is C23H27F2NO7. The number of methoxy groups -OCH3 is 3. The molecule has 8 nitrogen and oxygen atoms in total. The molecule has 33 heavy (non-hydrogen) atoms. The van der Waals surface area contributed by atoms with E-state index in [0.717, 1.165) is 0 Å². The van der Waals surface area contributed by atoms with Crippen molar-refractivity contribution in [3.63, 3.8) is 0 Å². The van der Waals surface area contributed by atoms with Gasteiger partial charge in [-0.3, -0.25) is 4.79 Å². The third-order valence-electron chi connectivity index (χ3n) is 4.49. The second-order valence-electron chi connectivity index (χ2n) is 7.90. The van der Waals surface area contributed by atoms with Crippen LogP contribution in [0.4, 0.5) is 14.5 Å². The van der Waals surface area contributed by atoms with Gasteiger partial charge in [0.25, 0.3) is 0 Å². The molecule has 0 aliphatic rings. The molecule has 2 aromatic carbocycles. The molecule has 0 aliphatic heterocycles. The lowest BCUT2D eigenvalue weighted by molar-refractivity contribution is -0.123. The largest absolute Gasteiger partial charge is 0.493 e. The molecule has 0 aliphatic carbocycles. The Labute approximate surface area is 190 Å². The Bertz CT molecular complexity index is 1000. The highest BCUT2D eigenvalue weighted by atomic mass is 19.3. The third kappa shape index (κ3) is 6.71. The van der Waals surface area contributed by atoms with Crippen molar-refractivity contribution in [1.29, 1.82) is 0 Å². The first-order chi connectivity index (χ1) is 15.5. The molecular weight excluding hydrogens is 440 g/mol. The molecule has 0 bridgehead atoms. The number of hydrogen-bond acceptors (Lipinski definition) is 7. The molecule has 2 rings (SSSR count). The highest BCUT2D eigenvalue weighted by Crippen LogP contribution is 2.35. The van der Waals surface area contributed by atoms with Crippen LogP contribution in [-0.4, -0.2) is 39.8 Å². The van der Waals surface area contributed by atoms with Crippen LogP contribution in [0.1, 0.15) is 36.7 Å². The van der Waals surface area contributed by atoms with Gasteiger partial charge in [-0.15, -0.1) is 0 Å². The minimum Gasteiger partial charge on any atom is -0.493 e. The molecule has 10 heteroatoms. The molecule has 0 aromatic heterocycles. The standard InChI is InChI=1S/C23H27F2NO7/c1-23(2,3)21(28)26-15-11-19(31-6)18(30-5)10-14(15)20(27)32-12-13-7-8-16(33-22(24)25)17(9-13)29-4/h7-11,22H,12H2,1-6H3,(H,26,28). The number of anilines is 1. The van der Waals surface area contributed by atoms with Crippen molar-refractivity contribution in [3.8, 4) is 23.0 Å². The first-order valence-corrected chi connectivity index (χ1v) is 9.86. The molecule has 1 N–H and O–H groups in total. The molecule has 0 spiro atoms. The van der Waals surface area contributed by atoms with Crippen LogP contribution in [0.25, 0.3) is 0 Å². The fraction of sp³-hybridized carbons (Fsp3) is 0.391. The van der Waals surface area contributed by atoms with E-state index >= 15 is 0 Å². The van der Waals surface area contributed by atoms with Crippen molar-refractivity contribution < 1.29 is 42.1 Å². The van der Waals surface area contributed by atoms with Crippen LogP contribution in [0.3, 0.4) is 0 Å². The van der Waals surface area contributed by atoms with Crippen molar-refractivity contribution in [1.82, 2.24) is 0 Å². The van der Waals surface area contributed by atoms with E-state index in [1.807, 2.05) is 0 Å². The minimum absolute atomic E-state index is 0.0508. The van der Waals surface area contributed by atoms with Crippen molar-refractivity contribution in [2.45, 2.75) is 34.0 Å². The summed E-state index contributed by atoms with van der Waals surface area (Å²) in [6, 6.07) is 7.05. The molecule has 0 fully saturated rings. The number of nitrogens with one attached hydrogen (secondary N) is 1. The number of benzene rings is 2. The predicted octanol–water partition coefficient (Wildman–Crippen LogP) is 4.66. The molecule has 0 heterocycles. The summed E-state index contributed by atoms with van der Waals surface area (Å²) in [4.78, 5) is 25.4. The highest BCUT2D eigenvalue weighted by Gasteiger charge is 2.25. The van der Waals surface area contributed by atoms with E-state index in [1.54, 1.807) is 20.8 Å². The van der Waals surface area contributed by atoms with E-state index in [9.17, 15) is 18.4 Å². The maximum atomic E-state index is 12.9. The number of amides is 1. The number of ether oxygens (including phenoxy) is 5. The first-order valence-electron chi connectivity index (χ1n) is 9.86. The van der Waals surface area contributed by atoms with Gasteiger partial charge in [-0.2, -0.15) is 8.78 Å². The smallest absolute Gasteiger partial charge is 0.387 e. The predicted molar refractivity (Wildman–Crippen MR) is 116 cm³/mol. The lowest BCUT2D eigenvalue weighted by Gasteiger charge is -2.20. The average molecular weight is 467 g/mol. The molecule has 0 saturated carbocycles. The van der Waals surface area contributed by atoms with Crippen LogP contribution < -0.4 is 24.3 Å². The summed E-state index contributed by atoms with van der Waals surface area (Å²) in [6.07, 6.45) is 0. The van der Waals surface area contributed by atoms with Gasteiger partial charge in [0.15, 0.2) is 23.0 Å². The maximum absolute atomic E-state index is 12.9. The summed E-state index contributed by atoms with van der Waals surface area (Å²) < 4.78 is 50.3. The second kappa shape index (κ2) is 10.8. The Kier molecular flexibility index (Phi) is 8.44. The van der Waals surface area contributed by atoms with Crippen LogP contribution in [0, 0.1) is 5.41 Å². The fourth-order valence-corrected chi connectivity index (χ4v) is 2.68. The van der Waals surface area contributed by atoms with Gasteiger partial charge in [0.05, 0.1) is 32.6 Å². The zero-order valence-electron chi connectivity index (χ0n) is 19.3. The summed E-state index contributed by atoms with van der Waals surface area (Å²) in [6.45, 7) is 2.00. The van der Waals surface area contributed by atoms with Crippen LogP contribution in [0.15, 0.2) is 30.3 Å². The Morgan fingerprint density at radius 1 is 0.909 bits per heavy atom. The monoisotopic (exact) mass is 467 g/mol. The third-order valence-corrected chi connectivity index (χ3v) is 4.49. The normalized spacial score (nSPS) is 11.1. The van der Waals surface area contributed by atoms with Gasteiger partial charge in [-0.05, 0) is 17.7 Å². The van der Waals surface area contributed by atoms with E-state index < -0.39 is 18.0 Å². The fourth-order valence-electron chi connectivity index (χ4n) is 2.68. The molecule has 1 amide bonds. The van der Waals surface area contributed by atoms with Gasteiger partial charge < -0.3 is 29.0 Å². The SMILES string of the molecule is COc1cc(NC(=O)C(C)(C)C)c(C(=O)OCc2ccc(OC(F)F)c(OC)c2)cc1OC. The van der Waals surface area contributed by atoms with Crippen LogP contribution in [0.2, 0.25) is 0 Å². The highest BCUT2D eigenvalue weighted by molar-refractivity contribution is 6.03. The van der Waals surface area contributed by atoms with Crippen molar-refractivity contribution >= 4 is 17.6 Å². The van der Waals surface area contributed by atoms with E-state index in [4.69, 9.17) is 18.9 Å². The summed E-state index contributed by atoms with van der Waals surface area (Å²) in [5, 5.41) is 2.72. The molecule has 2 aromatic rings. The van der Waals surface area contributed by atoms with Gasteiger partial charge in [0, 0.05) is 17.5 Å². The molecule has 0 radical (unpaired) electrons. The Hall–Kier alpha value is -3.56. The van der Waals surface area contributed by atoms with Crippen LogP contribution >= 0.6 is 0 Å². The number of rotatable bonds is 9. The van der Waals surface area contributed by atoms with E-state index in [1.165, 1.54) is 51.7 Å². The summed E-state index contributed by atoms with van der Waals surface area (Å²) in [5.41, 5.74) is 0.000653. The Morgan fingerprint density at radius 2 is 1.48 bits per heavy atom. The van der Waals surface area contributed by atoms with Crippen molar-refractivity contribution in [3.05, 3.63) is 41.5 Å². The average Bonchev–Trinajstić information content (AvgIpc) is 2.76. The number of esters is 1. The summed E-state index contributed by atoms with van der Waals surface area (Å²) in [5.74, 6) is -0.552. The van der Waals surface area contributed by atoms with Gasteiger partial charge >= 0.3 is 12.6 Å². The van der Waals surface area contributed by atoms with Crippen molar-refractivity contribution in [2.24, 2.45) is 5.41 Å². The lowest BCUT2D eigenvalue weighted by Crippen LogP contribution is -2.28. The first kappa shape index (κ1) is 25.7. The second-order valence-corrected chi connectivity index (χ2v) is 7.90. The van der Waals surface area contributed by atoms with Gasteiger partial charge in [-0.25, -0.2) is 4.79 Å². The molecule has 180 valence electrons. The van der Waals surface area contributed by atoms with Gasteiger partial charge in [0.2, 0.25) is 5.91 Å². The zero-order valence-corrected chi connectivity index (χ0v) is 19.3. The number of hydrogen-bond donors (Lipinski definition) is 1. The number of carbonyl (C=O) groups is 2. The van der Waals surface area contributed by atoms with Crippen molar-refractivity contribution in [2.75, 3.05) is 26.6 Å². The molecule has 0 saturated heterocycles. The lowest BCUT2D eigenvalue weighted by atomic mass is 9.95. The Morgan fingerprint density at radius 3 is 2.03 bits per heavy atom. The van der Waals surface area contributed by atoms with Gasteiger partial charge in [0.1, 0.15) is 6.61 Å². The molecule has 0 unspecified atom stereocenters. The summed E-state index contributed by atoms with van der Waals surface area (Å²) >= 11 is 0. The Balaban J connectivity index is 2.30. The van der Waals surface area contributed by atoms with E-state index in [2.05, 4.69) is 10.1 Å². The van der Waals surface area contributed by atoms with E-state index in [0.29, 0.717) is 11.3 Å². The minimum atomic E-state index is -3.01. The maximum Gasteiger partial charge on any atom is 0.387 e. The van der Waals surface area contributed by atoms with E-state index in [-0.39, 0.29) is 41.0 Å². The molecule has 0 atom stereocenters. The van der Waals surface area contributed by atoms with Crippen LogP contribution in [0.5, 0.6) is 23.0 Å². The number of alkyl halides is 2. The number of carbonyl (C=O) groups excluding carboxylic acids is 2. The quantitative estimate of drug-likeness (QED) is 0.537.